The van der Waals surface area contributed by atoms with Gasteiger partial charge in [-0.1, -0.05) is 6.92 Å². The molecular weight excluding hydrogens is 284 g/mol. The zero-order valence-corrected chi connectivity index (χ0v) is 13.2. The third-order valence-electron chi connectivity index (χ3n) is 3.67. The smallest absolute Gasteiger partial charge is 0.226 e. The molecule has 0 spiro atoms. The van der Waals surface area contributed by atoms with Crippen molar-refractivity contribution in [1.82, 2.24) is 9.97 Å². The predicted octanol–water partition coefficient (Wildman–Crippen LogP) is 3.35. The van der Waals surface area contributed by atoms with E-state index in [-0.39, 0.29) is 0 Å². The summed E-state index contributed by atoms with van der Waals surface area (Å²) in [6.07, 6.45) is 3.45. The fraction of sp³-hybridized carbons (Fsp3) is 0.600. The van der Waals surface area contributed by atoms with Crippen molar-refractivity contribution in [2.45, 2.75) is 26.2 Å². The zero-order chi connectivity index (χ0) is 14.5. The summed E-state index contributed by atoms with van der Waals surface area (Å²) in [4.78, 5) is 10.2. The maximum Gasteiger partial charge on any atom is 0.226 e. The Kier molecular flexibility index (Phi) is 4.87. The second-order valence-corrected chi connectivity index (χ2v) is 6.32. The Hall–Kier alpha value is -1.40. The Morgan fingerprint density at radius 3 is 3.14 bits per heavy atom. The minimum absolute atomic E-state index is 0.578. The van der Waals surface area contributed by atoms with Crippen LogP contribution < -0.4 is 10.6 Å². The lowest BCUT2D eigenvalue weighted by Gasteiger charge is -2.22. The highest BCUT2D eigenvalue weighted by atomic mass is 32.1. The van der Waals surface area contributed by atoms with Crippen molar-refractivity contribution in [3.63, 3.8) is 0 Å². The summed E-state index contributed by atoms with van der Waals surface area (Å²) in [6.45, 7) is 5.70. The van der Waals surface area contributed by atoms with Gasteiger partial charge in [0.25, 0.3) is 0 Å². The van der Waals surface area contributed by atoms with Crippen LogP contribution in [-0.4, -0.2) is 36.3 Å². The zero-order valence-electron chi connectivity index (χ0n) is 12.4. The maximum absolute atomic E-state index is 5.54. The van der Waals surface area contributed by atoms with Gasteiger partial charge in [0.1, 0.15) is 10.6 Å². The lowest BCUT2D eigenvalue weighted by molar-refractivity contribution is 0.0595. The molecule has 1 unspecified atom stereocenters. The highest BCUT2D eigenvalue weighted by Gasteiger charge is 2.15. The van der Waals surface area contributed by atoms with Crippen LogP contribution >= 0.6 is 11.3 Å². The number of ether oxygens (including phenoxy) is 1. The SMILES string of the molecule is CCCNc1nc(NCC2CCCOC2)c2ccsc2n1. The molecule has 0 saturated carbocycles. The van der Waals surface area contributed by atoms with Gasteiger partial charge in [0.15, 0.2) is 0 Å². The molecule has 3 heterocycles. The van der Waals surface area contributed by atoms with Gasteiger partial charge < -0.3 is 15.4 Å². The van der Waals surface area contributed by atoms with E-state index >= 15 is 0 Å². The molecule has 0 aromatic carbocycles. The first-order valence-electron chi connectivity index (χ1n) is 7.67. The minimum Gasteiger partial charge on any atom is -0.381 e. The third kappa shape index (κ3) is 3.63. The first-order valence-corrected chi connectivity index (χ1v) is 8.55. The molecule has 0 aliphatic carbocycles. The van der Waals surface area contributed by atoms with Crippen LogP contribution in [0.1, 0.15) is 26.2 Å². The number of aromatic nitrogens is 2. The summed E-state index contributed by atoms with van der Waals surface area (Å²) in [7, 11) is 0. The fourth-order valence-electron chi connectivity index (χ4n) is 2.52. The molecule has 6 heteroatoms. The number of nitrogens with zero attached hydrogens (tertiary/aromatic N) is 2. The van der Waals surface area contributed by atoms with Crippen LogP contribution in [0.15, 0.2) is 11.4 Å². The van der Waals surface area contributed by atoms with Crippen molar-refractivity contribution < 1.29 is 4.74 Å². The first kappa shape index (κ1) is 14.5. The monoisotopic (exact) mass is 306 g/mol. The predicted molar refractivity (Wildman–Crippen MR) is 88.2 cm³/mol. The highest BCUT2D eigenvalue weighted by Crippen LogP contribution is 2.27. The van der Waals surface area contributed by atoms with Gasteiger partial charge in [0.2, 0.25) is 5.95 Å². The van der Waals surface area contributed by atoms with Crippen molar-refractivity contribution in [1.29, 1.82) is 0 Å². The molecule has 21 heavy (non-hydrogen) atoms. The van der Waals surface area contributed by atoms with Crippen LogP contribution in [0.25, 0.3) is 10.2 Å². The van der Waals surface area contributed by atoms with E-state index in [2.05, 4.69) is 39.0 Å². The van der Waals surface area contributed by atoms with E-state index in [4.69, 9.17) is 4.74 Å². The lowest BCUT2D eigenvalue weighted by atomic mass is 10.0. The van der Waals surface area contributed by atoms with Gasteiger partial charge in [0.05, 0.1) is 12.0 Å². The van der Waals surface area contributed by atoms with Crippen molar-refractivity contribution in [3.8, 4) is 0 Å². The molecule has 1 fully saturated rings. The van der Waals surface area contributed by atoms with Crippen LogP contribution in [0.5, 0.6) is 0 Å². The fourth-order valence-corrected chi connectivity index (χ4v) is 3.28. The Bertz CT molecular complexity index is 580. The Balaban J connectivity index is 1.73. The molecule has 0 radical (unpaired) electrons. The Labute approximate surface area is 129 Å². The van der Waals surface area contributed by atoms with E-state index < -0.39 is 0 Å². The van der Waals surface area contributed by atoms with Crippen molar-refractivity contribution in [3.05, 3.63) is 11.4 Å². The van der Waals surface area contributed by atoms with Gasteiger partial charge in [-0.25, -0.2) is 4.98 Å². The van der Waals surface area contributed by atoms with Crippen LogP contribution in [0.2, 0.25) is 0 Å². The van der Waals surface area contributed by atoms with Gasteiger partial charge >= 0.3 is 0 Å². The standard InChI is InChI=1S/C15H22N4OS/c1-2-6-16-15-18-13(12-5-8-21-14(12)19-15)17-9-11-4-3-7-20-10-11/h5,8,11H,2-4,6-7,9-10H2,1H3,(H2,16,17,18,19). The normalized spacial score (nSPS) is 18.8. The molecule has 1 aliphatic rings. The lowest BCUT2D eigenvalue weighted by Crippen LogP contribution is -2.24. The van der Waals surface area contributed by atoms with Crippen LogP contribution in [-0.2, 0) is 4.74 Å². The van der Waals surface area contributed by atoms with Gasteiger partial charge in [-0.3, -0.25) is 0 Å². The molecule has 2 N–H and O–H groups in total. The molecule has 1 aliphatic heterocycles. The topological polar surface area (TPSA) is 59.1 Å². The molecule has 5 nitrogen and oxygen atoms in total. The minimum atomic E-state index is 0.578. The number of anilines is 2. The molecule has 1 atom stereocenters. The summed E-state index contributed by atoms with van der Waals surface area (Å²) in [5, 5.41) is 9.95. The molecule has 1 saturated heterocycles. The van der Waals surface area contributed by atoms with Crippen LogP contribution in [0.4, 0.5) is 11.8 Å². The van der Waals surface area contributed by atoms with E-state index in [1.165, 1.54) is 6.42 Å². The van der Waals surface area contributed by atoms with E-state index in [0.29, 0.717) is 11.9 Å². The molecular formula is C15H22N4OS. The van der Waals surface area contributed by atoms with Crippen molar-refractivity contribution in [2.75, 3.05) is 36.9 Å². The molecule has 0 amide bonds. The number of thiophene rings is 1. The summed E-state index contributed by atoms with van der Waals surface area (Å²) in [6, 6.07) is 2.09. The number of hydrogen-bond donors (Lipinski definition) is 2. The number of rotatable bonds is 6. The number of fused-ring (bicyclic) bond motifs is 1. The second kappa shape index (κ2) is 7.04. The van der Waals surface area contributed by atoms with Crippen molar-refractivity contribution >= 4 is 33.3 Å². The third-order valence-corrected chi connectivity index (χ3v) is 4.48. The number of hydrogen-bond acceptors (Lipinski definition) is 6. The summed E-state index contributed by atoms with van der Waals surface area (Å²) in [5.74, 6) is 2.23. The van der Waals surface area contributed by atoms with Crippen LogP contribution in [0.3, 0.4) is 0 Å². The van der Waals surface area contributed by atoms with Gasteiger partial charge in [0, 0.05) is 19.7 Å². The van der Waals surface area contributed by atoms with Crippen molar-refractivity contribution in [2.24, 2.45) is 5.92 Å². The largest absolute Gasteiger partial charge is 0.381 e. The molecule has 114 valence electrons. The summed E-state index contributed by atoms with van der Waals surface area (Å²) in [5.41, 5.74) is 0. The van der Waals surface area contributed by atoms with E-state index in [1.54, 1.807) is 11.3 Å². The molecule has 0 bridgehead atoms. The molecule has 2 aromatic rings. The van der Waals surface area contributed by atoms with E-state index in [0.717, 1.165) is 55.2 Å². The van der Waals surface area contributed by atoms with Gasteiger partial charge in [-0.15, -0.1) is 11.3 Å². The number of nitrogens with one attached hydrogen (secondary N) is 2. The van der Waals surface area contributed by atoms with E-state index in [1.807, 2.05) is 0 Å². The Morgan fingerprint density at radius 1 is 1.38 bits per heavy atom. The second-order valence-electron chi connectivity index (χ2n) is 5.43. The molecule has 3 rings (SSSR count). The average Bonchev–Trinajstić information content (AvgIpc) is 3.00. The molecule has 2 aromatic heterocycles. The first-order chi connectivity index (χ1) is 10.4. The average molecular weight is 306 g/mol. The highest BCUT2D eigenvalue weighted by molar-refractivity contribution is 7.16. The van der Waals surface area contributed by atoms with Gasteiger partial charge in [-0.2, -0.15) is 4.98 Å². The Morgan fingerprint density at radius 2 is 2.33 bits per heavy atom. The summed E-state index contributed by atoms with van der Waals surface area (Å²) >= 11 is 1.65. The summed E-state index contributed by atoms with van der Waals surface area (Å²) < 4.78 is 5.54. The van der Waals surface area contributed by atoms with Gasteiger partial charge in [-0.05, 0) is 36.6 Å². The quantitative estimate of drug-likeness (QED) is 0.857. The van der Waals surface area contributed by atoms with Crippen LogP contribution in [0, 0.1) is 5.92 Å². The maximum atomic E-state index is 5.54. The van der Waals surface area contributed by atoms with E-state index in [9.17, 15) is 0 Å².